The largest absolute Gasteiger partial charge is 0.379 e. The number of halogens is 2. The van der Waals surface area contributed by atoms with Gasteiger partial charge >= 0.3 is 0 Å². The molecule has 0 radical (unpaired) electrons. The molecule has 3 rings (SSSR count). The molecule has 0 bridgehead atoms. The van der Waals surface area contributed by atoms with Crippen LogP contribution >= 0.6 is 23.2 Å². The average Bonchev–Trinajstić information content (AvgIpc) is 3.10. The van der Waals surface area contributed by atoms with E-state index in [1.807, 2.05) is 24.7 Å². The van der Waals surface area contributed by atoms with Gasteiger partial charge in [-0.1, -0.05) is 23.2 Å². The van der Waals surface area contributed by atoms with Crippen LogP contribution in [0.2, 0.25) is 10.0 Å². The standard InChI is InChI=1S/C13H13Cl2N3/c14-12-4-1-9(5-13(12)15)17-7-11-6-16-8-18(11)10-2-3-10/h1,4-6,8,10,17H,2-3,7H2. The van der Waals surface area contributed by atoms with E-state index in [2.05, 4.69) is 14.9 Å². The number of aromatic nitrogens is 2. The molecule has 1 fully saturated rings. The molecule has 0 unspecified atom stereocenters. The molecule has 1 aromatic heterocycles. The molecule has 0 saturated heterocycles. The molecule has 1 aromatic carbocycles. The van der Waals surface area contributed by atoms with Gasteiger partial charge in [-0.15, -0.1) is 0 Å². The summed E-state index contributed by atoms with van der Waals surface area (Å²) in [5, 5.41) is 4.48. The zero-order valence-electron chi connectivity index (χ0n) is 9.74. The van der Waals surface area contributed by atoms with Crippen LogP contribution in [-0.4, -0.2) is 9.55 Å². The van der Waals surface area contributed by atoms with E-state index in [4.69, 9.17) is 23.2 Å². The van der Waals surface area contributed by atoms with E-state index in [9.17, 15) is 0 Å². The third-order valence-electron chi connectivity index (χ3n) is 3.08. The quantitative estimate of drug-likeness (QED) is 0.913. The summed E-state index contributed by atoms with van der Waals surface area (Å²) >= 11 is 11.9. The molecule has 1 N–H and O–H groups in total. The van der Waals surface area contributed by atoms with Crippen molar-refractivity contribution < 1.29 is 0 Å². The second-order valence-electron chi connectivity index (χ2n) is 4.51. The van der Waals surface area contributed by atoms with Gasteiger partial charge in [-0.05, 0) is 31.0 Å². The molecule has 2 aromatic rings. The van der Waals surface area contributed by atoms with Gasteiger partial charge in [0.15, 0.2) is 0 Å². The lowest BCUT2D eigenvalue weighted by Gasteiger charge is -2.09. The van der Waals surface area contributed by atoms with Gasteiger partial charge in [-0.3, -0.25) is 0 Å². The first-order chi connectivity index (χ1) is 8.74. The summed E-state index contributed by atoms with van der Waals surface area (Å²) in [5.74, 6) is 0. The number of benzene rings is 1. The third-order valence-corrected chi connectivity index (χ3v) is 3.82. The molecule has 5 heteroatoms. The van der Waals surface area contributed by atoms with E-state index in [1.165, 1.54) is 18.5 Å². The Bertz CT molecular complexity index is 561. The van der Waals surface area contributed by atoms with Crippen LogP contribution in [0.25, 0.3) is 0 Å². The van der Waals surface area contributed by atoms with Gasteiger partial charge in [0.2, 0.25) is 0 Å². The summed E-state index contributed by atoms with van der Waals surface area (Å²) in [6, 6.07) is 6.20. The summed E-state index contributed by atoms with van der Waals surface area (Å²) in [6.45, 7) is 0.745. The fourth-order valence-corrected chi connectivity index (χ4v) is 2.25. The Morgan fingerprint density at radius 3 is 2.83 bits per heavy atom. The molecule has 0 aliphatic heterocycles. The molecule has 0 spiro atoms. The summed E-state index contributed by atoms with van der Waals surface area (Å²) < 4.78 is 2.24. The summed E-state index contributed by atoms with van der Waals surface area (Å²) in [5.41, 5.74) is 2.16. The van der Waals surface area contributed by atoms with Crippen molar-refractivity contribution in [3.05, 3.63) is 46.5 Å². The highest BCUT2D eigenvalue weighted by Crippen LogP contribution is 2.35. The lowest BCUT2D eigenvalue weighted by Crippen LogP contribution is -2.05. The number of imidazole rings is 1. The second kappa shape index (κ2) is 4.82. The molecule has 1 heterocycles. The number of nitrogens with zero attached hydrogens (tertiary/aromatic N) is 2. The van der Waals surface area contributed by atoms with Crippen molar-refractivity contribution in [2.24, 2.45) is 0 Å². The topological polar surface area (TPSA) is 29.9 Å². The molecule has 18 heavy (non-hydrogen) atoms. The first kappa shape index (κ1) is 11.9. The summed E-state index contributed by atoms with van der Waals surface area (Å²) in [7, 11) is 0. The minimum Gasteiger partial charge on any atom is -0.379 e. The number of hydrogen-bond acceptors (Lipinski definition) is 2. The molecule has 1 aliphatic carbocycles. The highest BCUT2D eigenvalue weighted by Gasteiger charge is 2.24. The maximum Gasteiger partial charge on any atom is 0.0951 e. The van der Waals surface area contributed by atoms with Crippen LogP contribution < -0.4 is 5.32 Å². The van der Waals surface area contributed by atoms with Crippen molar-refractivity contribution >= 4 is 28.9 Å². The van der Waals surface area contributed by atoms with Crippen LogP contribution in [0.3, 0.4) is 0 Å². The molecule has 0 atom stereocenters. The van der Waals surface area contributed by atoms with E-state index in [0.717, 1.165) is 12.2 Å². The van der Waals surface area contributed by atoms with Gasteiger partial charge < -0.3 is 9.88 Å². The number of nitrogens with one attached hydrogen (secondary N) is 1. The Morgan fingerprint density at radius 1 is 1.28 bits per heavy atom. The molecule has 1 aliphatic rings. The average molecular weight is 282 g/mol. The Balaban J connectivity index is 1.69. The maximum atomic E-state index is 5.98. The monoisotopic (exact) mass is 281 g/mol. The lowest BCUT2D eigenvalue weighted by atomic mass is 10.3. The fraction of sp³-hybridized carbons (Fsp3) is 0.308. The first-order valence-electron chi connectivity index (χ1n) is 5.93. The molecular formula is C13H13Cl2N3. The van der Waals surface area contributed by atoms with E-state index < -0.39 is 0 Å². The van der Waals surface area contributed by atoms with E-state index in [-0.39, 0.29) is 0 Å². The summed E-state index contributed by atoms with van der Waals surface area (Å²) in [6.07, 6.45) is 6.33. The van der Waals surface area contributed by atoms with Crippen LogP contribution in [0.15, 0.2) is 30.7 Å². The SMILES string of the molecule is Clc1ccc(NCc2cncn2C2CC2)cc1Cl. The fourth-order valence-electron chi connectivity index (χ4n) is 1.95. The van der Waals surface area contributed by atoms with Crippen molar-refractivity contribution in [2.75, 3.05) is 5.32 Å². The van der Waals surface area contributed by atoms with Gasteiger partial charge in [0.05, 0.1) is 28.6 Å². The lowest BCUT2D eigenvalue weighted by molar-refractivity contribution is 0.701. The van der Waals surface area contributed by atoms with Crippen LogP contribution in [0.1, 0.15) is 24.6 Å². The molecular weight excluding hydrogens is 269 g/mol. The smallest absolute Gasteiger partial charge is 0.0951 e. The zero-order valence-corrected chi connectivity index (χ0v) is 11.2. The maximum absolute atomic E-state index is 5.98. The van der Waals surface area contributed by atoms with Crippen LogP contribution in [-0.2, 0) is 6.54 Å². The number of rotatable bonds is 4. The van der Waals surface area contributed by atoms with Gasteiger partial charge in [0, 0.05) is 17.9 Å². The highest BCUT2D eigenvalue weighted by molar-refractivity contribution is 6.42. The van der Waals surface area contributed by atoms with Crippen LogP contribution in [0, 0.1) is 0 Å². The van der Waals surface area contributed by atoms with Crippen molar-refractivity contribution in [1.29, 1.82) is 0 Å². The highest BCUT2D eigenvalue weighted by atomic mass is 35.5. The van der Waals surface area contributed by atoms with Gasteiger partial charge in [-0.2, -0.15) is 0 Å². The minimum absolute atomic E-state index is 0.567. The zero-order chi connectivity index (χ0) is 12.5. The Morgan fingerprint density at radius 2 is 2.11 bits per heavy atom. The Kier molecular flexibility index (Phi) is 3.18. The molecule has 94 valence electrons. The number of hydrogen-bond donors (Lipinski definition) is 1. The van der Waals surface area contributed by atoms with E-state index >= 15 is 0 Å². The van der Waals surface area contributed by atoms with Crippen molar-refractivity contribution in [3.63, 3.8) is 0 Å². The normalized spacial score (nSPS) is 14.8. The predicted octanol–water partition coefficient (Wildman–Crippen LogP) is 4.14. The van der Waals surface area contributed by atoms with Crippen molar-refractivity contribution in [1.82, 2.24) is 9.55 Å². The van der Waals surface area contributed by atoms with Crippen molar-refractivity contribution in [3.8, 4) is 0 Å². The Labute approximate surface area is 116 Å². The summed E-state index contributed by atoms with van der Waals surface area (Å²) in [4.78, 5) is 4.20. The van der Waals surface area contributed by atoms with Gasteiger partial charge in [0.25, 0.3) is 0 Å². The second-order valence-corrected chi connectivity index (χ2v) is 5.32. The molecule has 1 saturated carbocycles. The number of anilines is 1. The van der Waals surface area contributed by atoms with E-state index in [1.54, 1.807) is 6.07 Å². The molecule has 3 nitrogen and oxygen atoms in total. The third kappa shape index (κ3) is 2.47. The van der Waals surface area contributed by atoms with Gasteiger partial charge in [0.1, 0.15) is 0 Å². The van der Waals surface area contributed by atoms with Gasteiger partial charge in [-0.25, -0.2) is 4.98 Å². The van der Waals surface area contributed by atoms with Crippen LogP contribution in [0.5, 0.6) is 0 Å². The Hall–Kier alpha value is -1.19. The molecule has 0 amide bonds. The minimum atomic E-state index is 0.567. The van der Waals surface area contributed by atoms with E-state index in [0.29, 0.717) is 16.1 Å². The van der Waals surface area contributed by atoms with Crippen molar-refractivity contribution in [2.45, 2.75) is 25.4 Å². The predicted molar refractivity (Wildman–Crippen MR) is 74.3 cm³/mol. The van der Waals surface area contributed by atoms with Crippen LogP contribution in [0.4, 0.5) is 5.69 Å². The first-order valence-corrected chi connectivity index (χ1v) is 6.69.